The third-order valence-corrected chi connectivity index (χ3v) is 4.05. The second kappa shape index (κ2) is 4.61. The molecule has 0 spiro atoms. The van der Waals surface area contributed by atoms with Gasteiger partial charge in [-0.25, -0.2) is 8.42 Å². The largest absolute Gasteiger partial charge is 0.306 e. The average Bonchev–Trinajstić information content (AvgIpc) is 2.73. The highest BCUT2D eigenvalue weighted by Crippen LogP contribution is 2.33. The molecule has 0 aliphatic carbocycles. The van der Waals surface area contributed by atoms with E-state index in [9.17, 15) is 23.3 Å². The summed E-state index contributed by atoms with van der Waals surface area (Å²) in [7, 11) is -3.52. The zero-order chi connectivity index (χ0) is 14.2. The Morgan fingerprint density at radius 3 is 2.53 bits per heavy atom. The predicted octanol–water partition coefficient (Wildman–Crippen LogP) is 1.13. The van der Waals surface area contributed by atoms with Crippen molar-refractivity contribution in [3.05, 3.63) is 28.3 Å². The zero-order valence-electron chi connectivity index (χ0n) is 10.2. The molecule has 0 bridgehead atoms. The molecule has 8 heteroatoms. The number of benzene rings is 1. The summed E-state index contributed by atoms with van der Waals surface area (Å²) in [5.41, 5.74) is -0.210. The fourth-order valence-corrected chi connectivity index (χ4v) is 2.65. The van der Waals surface area contributed by atoms with E-state index in [2.05, 4.69) is 0 Å². The van der Waals surface area contributed by atoms with Crippen molar-refractivity contribution in [2.24, 2.45) is 0 Å². The number of carbonyl (C=O) groups is 1. The van der Waals surface area contributed by atoms with Gasteiger partial charge in [0.2, 0.25) is 5.91 Å². The Balaban J connectivity index is 2.56. The third kappa shape index (κ3) is 2.58. The van der Waals surface area contributed by atoms with Crippen molar-refractivity contribution >= 4 is 27.1 Å². The van der Waals surface area contributed by atoms with Crippen molar-refractivity contribution in [2.45, 2.75) is 17.7 Å². The number of nitro benzene ring substituents is 1. The van der Waals surface area contributed by atoms with Gasteiger partial charge < -0.3 is 4.90 Å². The molecule has 0 radical (unpaired) electrons. The Morgan fingerprint density at radius 1 is 1.37 bits per heavy atom. The molecular weight excluding hydrogens is 272 g/mol. The van der Waals surface area contributed by atoms with Gasteiger partial charge in [0, 0.05) is 25.3 Å². The Labute approximate surface area is 109 Å². The standard InChI is InChI=1S/C11H12N2O5S/c1-19(17,18)8-4-5-9(10(7-8)13(15)16)12-6-2-3-11(12)14/h4-5,7H,2-3,6H2,1H3. The molecule has 0 atom stereocenters. The van der Waals surface area contributed by atoms with E-state index < -0.39 is 14.8 Å². The molecule has 0 saturated carbocycles. The first-order valence-corrected chi connectivity index (χ1v) is 7.49. The van der Waals surface area contributed by atoms with Crippen LogP contribution in [0.5, 0.6) is 0 Å². The first kappa shape index (κ1) is 13.5. The third-order valence-electron chi connectivity index (χ3n) is 2.94. The van der Waals surface area contributed by atoms with Crippen molar-refractivity contribution in [3.63, 3.8) is 0 Å². The molecule has 1 aromatic carbocycles. The van der Waals surface area contributed by atoms with Crippen LogP contribution in [0.2, 0.25) is 0 Å². The molecule has 1 aromatic rings. The van der Waals surface area contributed by atoms with Crippen molar-refractivity contribution in [1.82, 2.24) is 0 Å². The van der Waals surface area contributed by atoms with Crippen molar-refractivity contribution in [1.29, 1.82) is 0 Å². The van der Waals surface area contributed by atoms with E-state index >= 15 is 0 Å². The summed E-state index contributed by atoms with van der Waals surface area (Å²) in [5.74, 6) is -0.185. The van der Waals surface area contributed by atoms with E-state index in [0.717, 1.165) is 12.3 Å². The minimum Gasteiger partial charge on any atom is -0.306 e. The second-order valence-corrected chi connectivity index (χ2v) is 6.34. The van der Waals surface area contributed by atoms with Gasteiger partial charge in [-0.15, -0.1) is 0 Å². The number of hydrogen-bond donors (Lipinski definition) is 0. The van der Waals surface area contributed by atoms with Crippen molar-refractivity contribution in [3.8, 4) is 0 Å². The van der Waals surface area contributed by atoms with Gasteiger partial charge >= 0.3 is 0 Å². The Morgan fingerprint density at radius 2 is 2.05 bits per heavy atom. The monoisotopic (exact) mass is 284 g/mol. The van der Waals surface area contributed by atoms with Crippen LogP contribution in [0.1, 0.15) is 12.8 Å². The van der Waals surface area contributed by atoms with Gasteiger partial charge in [0.1, 0.15) is 5.69 Å². The molecule has 1 aliphatic rings. The van der Waals surface area contributed by atoms with Crippen LogP contribution in [0.25, 0.3) is 0 Å². The maximum absolute atomic E-state index is 11.6. The van der Waals surface area contributed by atoms with E-state index in [1.165, 1.54) is 17.0 Å². The molecule has 1 amide bonds. The zero-order valence-corrected chi connectivity index (χ0v) is 11.0. The fraction of sp³-hybridized carbons (Fsp3) is 0.364. The number of nitrogens with zero attached hydrogens (tertiary/aromatic N) is 2. The molecule has 1 fully saturated rings. The van der Waals surface area contributed by atoms with E-state index in [0.29, 0.717) is 19.4 Å². The Bertz CT molecular complexity index is 653. The average molecular weight is 284 g/mol. The van der Waals surface area contributed by atoms with E-state index in [1.807, 2.05) is 0 Å². The number of sulfone groups is 1. The van der Waals surface area contributed by atoms with Gasteiger partial charge in [-0.05, 0) is 18.6 Å². The number of rotatable bonds is 3. The maximum Gasteiger partial charge on any atom is 0.294 e. The van der Waals surface area contributed by atoms with E-state index in [1.54, 1.807) is 0 Å². The molecule has 1 saturated heterocycles. The summed E-state index contributed by atoms with van der Waals surface area (Å²) in [4.78, 5) is 23.2. The highest BCUT2D eigenvalue weighted by atomic mass is 32.2. The highest BCUT2D eigenvalue weighted by molar-refractivity contribution is 7.90. The summed E-state index contributed by atoms with van der Waals surface area (Å²) in [5, 5.41) is 11.0. The highest BCUT2D eigenvalue weighted by Gasteiger charge is 2.29. The van der Waals surface area contributed by atoms with E-state index in [4.69, 9.17) is 0 Å². The van der Waals surface area contributed by atoms with Crippen molar-refractivity contribution in [2.75, 3.05) is 17.7 Å². The molecule has 7 nitrogen and oxygen atoms in total. The second-order valence-electron chi connectivity index (χ2n) is 4.33. The minimum absolute atomic E-state index is 0.130. The molecule has 1 aliphatic heterocycles. The fourth-order valence-electron chi connectivity index (χ4n) is 2.01. The molecule has 0 N–H and O–H groups in total. The lowest BCUT2D eigenvalue weighted by Crippen LogP contribution is -2.24. The van der Waals surface area contributed by atoms with Crippen molar-refractivity contribution < 1.29 is 18.1 Å². The Hall–Kier alpha value is -1.96. The lowest BCUT2D eigenvalue weighted by atomic mass is 10.2. The molecule has 19 heavy (non-hydrogen) atoms. The van der Waals surface area contributed by atoms with E-state index in [-0.39, 0.29) is 22.2 Å². The van der Waals surface area contributed by atoms with Gasteiger partial charge in [0.25, 0.3) is 5.69 Å². The van der Waals surface area contributed by atoms with Crippen LogP contribution in [-0.4, -0.2) is 32.0 Å². The van der Waals surface area contributed by atoms with Crippen LogP contribution < -0.4 is 4.90 Å². The SMILES string of the molecule is CS(=O)(=O)c1ccc(N2CCCC2=O)c([N+](=O)[O-])c1. The summed E-state index contributed by atoms with van der Waals surface area (Å²) < 4.78 is 22.8. The van der Waals surface area contributed by atoms with Crippen LogP contribution >= 0.6 is 0 Å². The number of hydrogen-bond acceptors (Lipinski definition) is 5. The molecule has 102 valence electrons. The predicted molar refractivity (Wildman–Crippen MR) is 67.8 cm³/mol. The number of carbonyl (C=O) groups excluding carboxylic acids is 1. The number of amides is 1. The van der Waals surface area contributed by atoms with Gasteiger partial charge in [-0.3, -0.25) is 14.9 Å². The summed E-state index contributed by atoms with van der Waals surface area (Å²) in [6, 6.07) is 3.59. The normalized spacial score (nSPS) is 15.8. The lowest BCUT2D eigenvalue weighted by molar-refractivity contribution is -0.384. The quantitative estimate of drug-likeness (QED) is 0.612. The summed E-state index contributed by atoms with van der Waals surface area (Å²) in [6.45, 7) is 0.415. The topological polar surface area (TPSA) is 97.6 Å². The number of anilines is 1. The van der Waals surface area contributed by atoms with Gasteiger partial charge in [0.15, 0.2) is 9.84 Å². The summed E-state index contributed by atoms with van der Waals surface area (Å²) >= 11 is 0. The van der Waals surface area contributed by atoms with Gasteiger partial charge in [-0.1, -0.05) is 0 Å². The van der Waals surface area contributed by atoms with Gasteiger partial charge in [-0.2, -0.15) is 0 Å². The maximum atomic E-state index is 11.6. The molecule has 2 rings (SSSR count). The van der Waals surface area contributed by atoms with Crippen LogP contribution in [0.15, 0.2) is 23.1 Å². The molecule has 1 heterocycles. The smallest absolute Gasteiger partial charge is 0.294 e. The lowest BCUT2D eigenvalue weighted by Gasteiger charge is -2.15. The first-order chi connectivity index (χ1) is 8.80. The summed E-state index contributed by atoms with van der Waals surface area (Å²) in [6.07, 6.45) is 1.97. The van der Waals surface area contributed by atoms with Crippen LogP contribution in [-0.2, 0) is 14.6 Å². The first-order valence-electron chi connectivity index (χ1n) is 5.59. The Kier molecular flexibility index (Phi) is 3.27. The van der Waals surface area contributed by atoms with Crippen LogP contribution in [0.3, 0.4) is 0 Å². The molecule has 0 aromatic heterocycles. The number of nitro groups is 1. The molecular formula is C11H12N2O5S. The van der Waals surface area contributed by atoms with Crippen LogP contribution in [0.4, 0.5) is 11.4 Å². The van der Waals surface area contributed by atoms with Gasteiger partial charge in [0.05, 0.1) is 9.82 Å². The molecule has 0 unspecified atom stereocenters. The minimum atomic E-state index is -3.52. The van der Waals surface area contributed by atoms with Crippen LogP contribution in [0, 0.1) is 10.1 Å².